The first-order valence-electron chi connectivity index (χ1n) is 9.43. The third kappa shape index (κ3) is 5.10. The van der Waals surface area contributed by atoms with Gasteiger partial charge in [0.1, 0.15) is 0 Å². The molecule has 0 aromatic carbocycles. The standard InChI is InChI=1S/C18H35N5O/c1-15-8-5-12-23(14-15)18(19-2)20-10-7-13-22-11-6-9-16(22)17(24)21(3)4/h15-16H,5-14H2,1-4H3,(H,19,20). The minimum Gasteiger partial charge on any atom is -0.356 e. The van der Waals surface area contributed by atoms with Gasteiger partial charge in [0.2, 0.25) is 5.91 Å². The van der Waals surface area contributed by atoms with E-state index in [1.165, 1.54) is 12.8 Å². The van der Waals surface area contributed by atoms with Gasteiger partial charge in [-0.3, -0.25) is 14.7 Å². The van der Waals surface area contributed by atoms with Crippen molar-refractivity contribution in [3.05, 3.63) is 0 Å². The van der Waals surface area contributed by atoms with Gasteiger partial charge in [0.25, 0.3) is 0 Å². The quantitative estimate of drug-likeness (QED) is 0.466. The van der Waals surface area contributed by atoms with Crippen LogP contribution in [0.1, 0.15) is 39.0 Å². The Morgan fingerprint density at radius 3 is 2.67 bits per heavy atom. The predicted molar refractivity (Wildman–Crippen MR) is 99.2 cm³/mol. The van der Waals surface area contributed by atoms with E-state index >= 15 is 0 Å². The molecule has 24 heavy (non-hydrogen) atoms. The molecule has 2 rings (SSSR count). The molecule has 2 heterocycles. The highest BCUT2D eigenvalue weighted by atomic mass is 16.2. The molecule has 0 spiro atoms. The van der Waals surface area contributed by atoms with E-state index < -0.39 is 0 Å². The van der Waals surface area contributed by atoms with Gasteiger partial charge in [-0.2, -0.15) is 0 Å². The van der Waals surface area contributed by atoms with Crippen molar-refractivity contribution in [1.82, 2.24) is 20.0 Å². The number of likely N-dealkylation sites (N-methyl/N-ethyl adjacent to an activating group) is 1. The van der Waals surface area contributed by atoms with Crippen LogP contribution in [0.25, 0.3) is 0 Å². The molecule has 6 nitrogen and oxygen atoms in total. The lowest BCUT2D eigenvalue weighted by molar-refractivity contribution is -0.133. The van der Waals surface area contributed by atoms with Gasteiger partial charge in [0, 0.05) is 47.3 Å². The van der Waals surface area contributed by atoms with E-state index in [1.54, 1.807) is 4.90 Å². The van der Waals surface area contributed by atoms with Crippen molar-refractivity contribution < 1.29 is 4.79 Å². The highest BCUT2D eigenvalue weighted by Crippen LogP contribution is 2.19. The molecule has 2 saturated heterocycles. The van der Waals surface area contributed by atoms with Crippen molar-refractivity contribution in [2.75, 3.05) is 53.9 Å². The summed E-state index contributed by atoms with van der Waals surface area (Å²) in [6.07, 6.45) is 5.75. The molecule has 6 heteroatoms. The van der Waals surface area contributed by atoms with Crippen molar-refractivity contribution in [3.8, 4) is 0 Å². The Morgan fingerprint density at radius 1 is 1.25 bits per heavy atom. The normalized spacial score (nSPS) is 25.8. The summed E-state index contributed by atoms with van der Waals surface area (Å²) in [6, 6.07) is 0.0854. The molecular formula is C18H35N5O. The van der Waals surface area contributed by atoms with E-state index in [2.05, 4.69) is 27.0 Å². The van der Waals surface area contributed by atoms with Crippen molar-refractivity contribution >= 4 is 11.9 Å². The first-order valence-corrected chi connectivity index (χ1v) is 9.43. The number of hydrogen-bond acceptors (Lipinski definition) is 3. The molecule has 1 amide bonds. The average Bonchev–Trinajstić information content (AvgIpc) is 3.02. The third-order valence-corrected chi connectivity index (χ3v) is 5.16. The molecule has 0 aliphatic carbocycles. The maximum atomic E-state index is 12.2. The van der Waals surface area contributed by atoms with Gasteiger partial charge in [-0.15, -0.1) is 0 Å². The molecule has 0 aromatic heterocycles. The Hall–Kier alpha value is -1.30. The maximum Gasteiger partial charge on any atom is 0.239 e. The van der Waals surface area contributed by atoms with Crippen LogP contribution in [-0.4, -0.2) is 86.5 Å². The van der Waals surface area contributed by atoms with Crippen molar-refractivity contribution in [2.24, 2.45) is 10.9 Å². The van der Waals surface area contributed by atoms with E-state index in [-0.39, 0.29) is 11.9 Å². The number of amides is 1. The van der Waals surface area contributed by atoms with Crippen LogP contribution in [0.3, 0.4) is 0 Å². The first-order chi connectivity index (χ1) is 11.5. The summed E-state index contributed by atoms with van der Waals surface area (Å²) in [5, 5.41) is 3.50. The SMILES string of the molecule is CN=C(NCCCN1CCCC1C(=O)N(C)C)N1CCCC(C)C1. The highest BCUT2D eigenvalue weighted by molar-refractivity contribution is 5.81. The molecule has 1 N–H and O–H groups in total. The number of guanidine groups is 1. The third-order valence-electron chi connectivity index (χ3n) is 5.16. The minimum absolute atomic E-state index is 0.0854. The molecule has 2 aliphatic rings. The Kier molecular flexibility index (Phi) is 7.34. The van der Waals surface area contributed by atoms with Crippen molar-refractivity contribution in [1.29, 1.82) is 0 Å². The maximum absolute atomic E-state index is 12.2. The zero-order chi connectivity index (χ0) is 17.5. The van der Waals surface area contributed by atoms with Crippen LogP contribution >= 0.6 is 0 Å². The summed E-state index contributed by atoms with van der Waals surface area (Å²) in [7, 11) is 5.57. The van der Waals surface area contributed by atoms with Gasteiger partial charge >= 0.3 is 0 Å². The van der Waals surface area contributed by atoms with Gasteiger partial charge in [0.15, 0.2) is 5.96 Å². The number of likely N-dealkylation sites (tertiary alicyclic amines) is 2. The Labute approximate surface area is 147 Å². The Balaban J connectivity index is 1.72. The monoisotopic (exact) mass is 337 g/mol. The van der Waals surface area contributed by atoms with Crippen LogP contribution in [0.4, 0.5) is 0 Å². The number of piperidine rings is 1. The van der Waals surface area contributed by atoms with Crippen molar-refractivity contribution in [2.45, 2.75) is 45.1 Å². The molecule has 2 aliphatic heterocycles. The van der Waals surface area contributed by atoms with E-state index in [9.17, 15) is 4.79 Å². The lowest BCUT2D eigenvalue weighted by Gasteiger charge is -2.33. The van der Waals surface area contributed by atoms with Crippen LogP contribution in [0.5, 0.6) is 0 Å². The summed E-state index contributed by atoms with van der Waals surface area (Å²) in [5.41, 5.74) is 0. The van der Waals surface area contributed by atoms with E-state index in [0.717, 1.165) is 63.9 Å². The number of rotatable bonds is 5. The molecular weight excluding hydrogens is 302 g/mol. The summed E-state index contributed by atoms with van der Waals surface area (Å²) in [6.45, 7) is 7.46. The molecule has 138 valence electrons. The van der Waals surface area contributed by atoms with Gasteiger partial charge < -0.3 is 15.1 Å². The fourth-order valence-electron chi connectivity index (χ4n) is 3.87. The highest BCUT2D eigenvalue weighted by Gasteiger charge is 2.31. The van der Waals surface area contributed by atoms with Gasteiger partial charge in [-0.25, -0.2) is 0 Å². The number of aliphatic imine (C=N–C) groups is 1. The zero-order valence-electron chi connectivity index (χ0n) is 15.9. The van der Waals surface area contributed by atoms with Crippen LogP contribution in [-0.2, 0) is 4.79 Å². The Bertz CT molecular complexity index is 437. The number of carbonyl (C=O) groups is 1. The number of carbonyl (C=O) groups excluding carboxylic acids is 1. The molecule has 0 saturated carbocycles. The van der Waals surface area contributed by atoms with Crippen LogP contribution in [0.2, 0.25) is 0 Å². The van der Waals surface area contributed by atoms with E-state index in [4.69, 9.17) is 0 Å². The minimum atomic E-state index is 0.0854. The predicted octanol–water partition coefficient (Wildman–Crippen LogP) is 1.24. The zero-order valence-corrected chi connectivity index (χ0v) is 15.9. The van der Waals surface area contributed by atoms with E-state index in [0.29, 0.717) is 0 Å². The smallest absolute Gasteiger partial charge is 0.239 e. The lowest BCUT2D eigenvalue weighted by atomic mass is 10.0. The molecule has 0 aromatic rings. The Morgan fingerprint density at radius 2 is 2.00 bits per heavy atom. The number of hydrogen-bond donors (Lipinski definition) is 1. The number of nitrogens with one attached hydrogen (secondary N) is 1. The topological polar surface area (TPSA) is 51.2 Å². The molecule has 2 atom stereocenters. The van der Waals surface area contributed by atoms with Crippen LogP contribution in [0.15, 0.2) is 4.99 Å². The largest absolute Gasteiger partial charge is 0.356 e. The van der Waals surface area contributed by atoms with Crippen LogP contribution in [0, 0.1) is 5.92 Å². The molecule has 0 bridgehead atoms. The van der Waals surface area contributed by atoms with Crippen LogP contribution < -0.4 is 5.32 Å². The molecule has 0 radical (unpaired) electrons. The molecule has 2 unspecified atom stereocenters. The fourth-order valence-corrected chi connectivity index (χ4v) is 3.87. The average molecular weight is 338 g/mol. The summed E-state index contributed by atoms with van der Waals surface area (Å²) in [5.74, 6) is 2.03. The summed E-state index contributed by atoms with van der Waals surface area (Å²) >= 11 is 0. The van der Waals surface area contributed by atoms with Gasteiger partial charge in [-0.05, 0) is 44.6 Å². The lowest BCUT2D eigenvalue weighted by Crippen LogP contribution is -2.47. The second kappa shape index (κ2) is 9.25. The van der Waals surface area contributed by atoms with Gasteiger partial charge in [0.05, 0.1) is 6.04 Å². The van der Waals surface area contributed by atoms with Crippen molar-refractivity contribution in [3.63, 3.8) is 0 Å². The summed E-state index contributed by atoms with van der Waals surface area (Å²) < 4.78 is 0. The summed E-state index contributed by atoms with van der Waals surface area (Å²) in [4.78, 5) is 23.1. The van der Waals surface area contributed by atoms with E-state index in [1.807, 2.05) is 21.1 Å². The first kappa shape index (κ1) is 19.0. The second-order valence-corrected chi connectivity index (χ2v) is 7.45. The van der Waals surface area contributed by atoms with Gasteiger partial charge in [-0.1, -0.05) is 6.92 Å². The number of nitrogens with zero attached hydrogens (tertiary/aromatic N) is 4. The molecule has 2 fully saturated rings. The second-order valence-electron chi connectivity index (χ2n) is 7.45. The fraction of sp³-hybridized carbons (Fsp3) is 0.889.